The Morgan fingerprint density at radius 1 is 1.42 bits per heavy atom. The van der Waals surface area contributed by atoms with E-state index in [0.717, 1.165) is 25.9 Å². The lowest BCUT2D eigenvalue weighted by atomic mass is 10.0. The lowest BCUT2D eigenvalue weighted by molar-refractivity contribution is 0.257. The molecule has 1 aromatic carbocycles. The summed E-state index contributed by atoms with van der Waals surface area (Å²) in [7, 11) is 5.67. The third kappa shape index (κ3) is 2.92. The Balaban J connectivity index is 2.25. The normalized spacial score (nSPS) is 19.8. The first kappa shape index (κ1) is 13.9. The van der Waals surface area contributed by atoms with Crippen molar-refractivity contribution in [2.24, 2.45) is 0 Å². The fourth-order valence-corrected chi connectivity index (χ4v) is 2.57. The molecule has 2 N–H and O–H groups in total. The Hall–Kier alpha value is -1.49. The molecule has 4 nitrogen and oxygen atoms in total. The largest absolute Gasteiger partial charge is 0.495 e. The van der Waals surface area contributed by atoms with Gasteiger partial charge in [0.15, 0.2) is 0 Å². The number of hydrogen-bond donors (Lipinski definition) is 1. The van der Waals surface area contributed by atoms with Crippen LogP contribution in [0.25, 0.3) is 0 Å². The van der Waals surface area contributed by atoms with Gasteiger partial charge in [0.25, 0.3) is 0 Å². The van der Waals surface area contributed by atoms with Crippen molar-refractivity contribution in [1.29, 1.82) is 0 Å². The highest BCUT2D eigenvalue weighted by molar-refractivity contribution is 5.63. The van der Waals surface area contributed by atoms with Crippen LogP contribution in [0.4, 0.5) is 15.8 Å². The number of benzene rings is 1. The van der Waals surface area contributed by atoms with E-state index in [9.17, 15) is 4.39 Å². The van der Waals surface area contributed by atoms with Crippen molar-refractivity contribution in [2.45, 2.75) is 18.9 Å². The molecule has 0 saturated carbocycles. The number of piperidine rings is 1. The van der Waals surface area contributed by atoms with Gasteiger partial charge >= 0.3 is 0 Å². The van der Waals surface area contributed by atoms with Gasteiger partial charge < -0.3 is 20.3 Å². The van der Waals surface area contributed by atoms with Gasteiger partial charge in [0, 0.05) is 31.3 Å². The maximum Gasteiger partial charge on any atom is 0.148 e. The van der Waals surface area contributed by atoms with Gasteiger partial charge in [0.05, 0.1) is 18.5 Å². The Bertz CT molecular complexity index is 451. The van der Waals surface area contributed by atoms with E-state index in [4.69, 9.17) is 10.5 Å². The van der Waals surface area contributed by atoms with Gasteiger partial charge in [-0.15, -0.1) is 0 Å². The van der Waals surface area contributed by atoms with Crippen LogP contribution in [0.1, 0.15) is 12.8 Å². The summed E-state index contributed by atoms with van der Waals surface area (Å²) < 4.78 is 19.3. The van der Waals surface area contributed by atoms with Gasteiger partial charge in [-0.1, -0.05) is 0 Å². The van der Waals surface area contributed by atoms with Crippen LogP contribution in [-0.4, -0.2) is 45.2 Å². The summed E-state index contributed by atoms with van der Waals surface area (Å²) >= 11 is 0. The van der Waals surface area contributed by atoms with Gasteiger partial charge in [0.2, 0.25) is 0 Å². The van der Waals surface area contributed by atoms with Crippen molar-refractivity contribution in [3.8, 4) is 5.75 Å². The molecule has 19 heavy (non-hydrogen) atoms. The highest BCUT2D eigenvalue weighted by atomic mass is 19.1. The molecule has 0 aliphatic carbocycles. The molecule has 1 heterocycles. The predicted octanol–water partition coefficient (Wildman–Crippen LogP) is 1.95. The third-order valence-electron chi connectivity index (χ3n) is 3.77. The van der Waals surface area contributed by atoms with E-state index in [2.05, 4.69) is 23.9 Å². The summed E-state index contributed by atoms with van der Waals surface area (Å²) in [5.41, 5.74) is 6.63. The van der Waals surface area contributed by atoms with E-state index in [1.54, 1.807) is 13.2 Å². The van der Waals surface area contributed by atoms with Crippen molar-refractivity contribution in [1.82, 2.24) is 4.90 Å². The van der Waals surface area contributed by atoms with E-state index < -0.39 is 0 Å². The summed E-state index contributed by atoms with van der Waals surface area (Å²) in [6, 6.07) is 3.49. The van der Waals surface area contributed by atoms with E-state index in [1.807, 2.05) is 0 Å². The van der Waals surface area contributed by atoms with Crippen LogP contribution in [0.5, 0.6) is 5.75 Å². The molecular formula is C14H22FN3O. The van der Waals surface area contributed by atoms with Crippen LogP contribution in [0.3, 0.4) is 0 Å². The van der Waals surface area contributed by atoms with Crippen LogP contribution in [0.2, 0.25) is 0 Å². The van der Waals surface area contributed by atoms with Gasteiger partial charge in [-0.2, -0.15) is 0 Å². The molecule has 2 rings (SSSR count). The minimum absolute atomic E-state index is 0.280. The van der Waals surface area contributed by atoms with Gasteiger partial charge in [-0.3, -0.25) is 0 Å². The topological polar surface area (TPSA) is 41.7 Å². The van der Waals surface area contributed by atoms with E-state index in [0.29, 0.717) is 23.2 Å². The number of nitrogen functional groups attached to an aromatic ring is 1. The fraction of sp³-hybridized carbons (Fsp3) is 0.571. The van der Waals surface area contributed by atoms with Crippen LogP contribution >= 0.6 is 0 Å². The first-order chi connectivity index (χ1) is 9.02. The van der Waals surface area contributed by atoms with E-state index >= 15 is 0 Å². The zero-order chi connectivity index (χ0) is 14.0. The number of nitrogens with two attached hydrogens (primary N) is 1. The SMILES string of the molecule is COc1cc(N2CCCC(N(C)C)C2)c(F)cc1N. The number of hydrogen-bond acceptors (Lipinski definition) is 4. The number of ether oxygens (including phenoxy) is 1. The molecule has 0 radical (unpaired) electrons. The quantitative estimate of drug-likeness (QED) is 0.850. The maximum absolute atomic E-state index is 14.1. The average molecular weight is 267 g/mol. The third-order valence-corrected chi connectivity index (χ3v) is 3.77. The van der Waals surface area contributed by atoms with Crippen molar-refractivity contribution in [3.05, 3.63) is 17.9 Å². The van der Waals surface area contributed by atoms with Crippen LogP contribution in [0.15, 0.2) is 12.1 Å². The molecule has 1 fully saturated rings. The average Bonchev–Trinajstić information content (AvgIpc) is 2.39. The molecule has 106 valence electrons. The summed E-state index contributed by atoms with van der Waals surface area (Å²) in [4.78, 5) is 4.27. The fourth-order valence-electron chi connectivity index (χ4n) is 2.57. The standard InChI is InChI=1S/C14H22FN3O/c1-17(2)10-5-4-6-18(9-10)13-8-14(19-3)12(16)7-11(13)15/h7-8,10H,4-6,9,16H2,1-3H3. The monoisotopic (exact) mass is 267 g/mol. The maximum atomic E-state index is 14.1. The van der Waals surface area contributed by atoms with Crippen molar-refractivity contribution in [3.63, 3.8) is 0 Å². The van der Waals surface area contributed by atoms with Crippen molar-refractivity contribution in [2.75, 3.05) is 44.9 Å². The Kier molecular flexibility index (Phi) is 4.14. The van der Waals surface area contributed by atoms with Crippen LogP contribution in [0, 0.1) is 5.82 Å². The van der Waals surface area contributed by atoms with Gasteiger partial charge in [-0.25, -0.2) is 4.39 Å². The number of methoxy groups -OCH3 is 1. The zero-order valence-corrected chi connectivity index (χ0v) is 11.8. The second-order valence-corrected chi connectivity index (χ2v) is 5.25. The number of anilines is 2. The first-order valence-electron chi connectivity index (χ1n) is 6.57. The Morgan fingerprint density at radius 3 is 2.79 bits per heavy atom. The lowest BCUT2D eigenvalue weighted by Gasteiger charge is -2.37. The summed E-state index contributed by atoms with van der Waals surface area (Å²) in [5, 5.41) is 0. The number of halogens is 1. The molecule has 0 aromatic heterocycles. The highest BCUT2D eigenvalue weighted by Crippen LogP contribution is 2.32. The van der Waals surface area contributed by atoms with Crippen LogP contribution < -0.4 is 15.4 Å². The molecule has 0 bridgehead atoms. The van der Waals surface area contributed by atoms with E-state index in [1.165, 1.54) is 6.07 Å². The number of nitrogens with zero attached hydrogens (tertiary/aromatic N) is 2. The van der Waals surface area contributed by atoms with E-state index in [-0.39, 0.29) is 5.82 Å². The Labute approximate surface area is 113 Å². The molecule has 0 spiro atoms. The molecule has 1 atom stereocenters. The van der Waals surface area contributed by atoms with Crippen molar-refractivity contribution < 1.29 is 9.13 Å². The molecule has 1 aliphatic heterocycles. The lowest BCUT2D eigenvalue weighted by Crippen LogP contribution is -2.45. The molecule has 1 aliphatic rings. The predicted molar refractivity (Wildman–Crippen MR) is 76.3 cm³/mol. The zero-order valence-electron chi connectivity index (χ0n) is 11.8. The first-order valence-corrected chi connectivity index (χ1v) is 6.57. The minimum Gasteiger partial charge on any atom is -0.495 e. The molecule has 1 saturated heterocycles. The molecule has 1 unspecified atom stereocenters. The van der Waals surface area contributed by atoms with Gasteiger partial charge in [-0.05, 0) is 26.9 Å². The van der Waals surface area contributed by atoms with Crippen LogP contribution in [-0.2, 0) is 0 Å². The summed E-state index contributed by atoms with van der Waals surface area (Å²) in [6.45, 7) is 1.70. The minimum atomic E-state index is -0.280. The van der Waals surface area contributed by atoms with Crippen molar-refractivity contribution >= 4 is 11.4 Å². The van der Waals surface area contributed by atoms with Gasteiger partial charge in [0.1, 0.15) is 11.6 Å². The molecule has 0 amide bonds. The highest BCUT2D eigenvalue weighted by Gasteiger charge is 2.24. The second kappa shape index (κ2) is 5.65. The second-order valence-electron chi connectivity index (χ2n) is 5.25. The summed E-state index contributed by atoms with van der Waals surface area (Å²) in [6.07, 6.45) is 2.21. The molecule has 5 heteroatoms. The number of rotatable bonds is 3. The molecule has 1 aromatic rings. The smallest absolute Gasteiger partial charge is 0.148 e. The Morgan fingerprint density at radius 2 is 2.16 bits per heavy atom. The number of likely N-dealkylation sites (N-methyl/N-ethyl adjacent to an activating group) is 1. The summed E-state index contributed by atoms with van der Waals surface area (Å²) in [5.74, 6) is 0.251. The molecular weight excluding hydrogens is 245 g/mol.